The molecule has 0 aromatic heterocycles. The third-order valence-corrected chi connectivity index (χ3v) is 3.06. The highest BCUT2D eigenvalue weighted by Gasteiger charge is 2.03. The van der Waals surface area contributed by atoms with E-state index >= 15 is 0 Å². The zero-order valence-corrected chi connectivity index (χ0v) is 11.5. The molecule has 2 aromatic carbocycles. The van der Waals surface area contributed by atoms with Gasteiger partial charge in [-0.1, -0.05) is 62.6 Å². The first-order chi connectivity index (χ1) is 9.16. The lowest BCUT2D eigenvalue weighted by Crippen LogP contribution is -1.92. The molecule has 0 heterocycles. The summed E-state index contributed by atoms with van der Waals surface area (Å²) < 4.78 is 0. The molecule has 0 fully saturated rings. The fourth-order valence-electron chi connectivity index (χ4n) is 1.80. The molecule has 0 atom stereocenters. The van der Waals surface area contributed by atoms with Crippen molar-refractivity contribution in [2.75, 3.05) is 0 Å². The van der Waals surface area contributed by atoms with E-state index in [0.717, 1.165) is 16.7 Å². The van der Waals surface area contributed by atoms with Gasteiger partial charge < -0.3 is 0 Å². The number of hydrogen-bond acceptors (Lipinski definition) is 0. The summed E-state index contributed by atoms with van der Waals surface area (Å²) in [5, 5.41) is 0. The van der Waals surface area contributed by atoms with E-state index in [1.165, 1.54) is 5.56 Å². The van der Waals surface area contributed by atoms with E-state index in [2.05, 4.69) is 44.4 Å². The van der Waals surface area contributed by atoms with Gasteiger partial charge in [-0.05, 0) is 41.3 Å². The summed E-state index contributed by atoms with van der Waals surface area (Å²) in [5.41, 5.74) is 4.40. The molecule has 0 heteroatoms. The topological polar surface area (TPSA) is 0 Å². The summed E-state index contributed by atoms with van der Waals surface area (Å²) in [7, 11) is 0. The highest BCUT2D eigenvalue weighted by molar-refractivity contribution is 5.66. The molecule has 0 nitrogen and oxygen atoms in total. The molecular weight excluding hydrogens is 228 g/mol. The fraction of sp³-hybridized carbons (Fsp3) is 0.158. The molecule has 0 spiro atoms. The second kappa shape index (κ2) is 6.07. The van der Waals surface area contributed by atoms with Crippen LogP contribution in [0.5, 0.6) is 0 Å². The maximum Gasteiger partial charge on any atom is 0.0255 e. The highest BCUT2D eigenvalue weighted by Crippen LogP contribution is 2.21. The van der Waals surface area contributed by atoms with Crippen LogP contribution in [0.1, 0.15) is 30.5 Å². The molecule has 0 amide bonds. The second-order valence-corrected chi connectivity index (χ2v) is 4.88. The maximum absolute atomic E-state index is 4.14. The van der Waals surface area contributed by atoms with E-state index in [1.54, 1.807) is 0 Å². The van der Waals surface area contributed by atoms with Crippen LogP contribution in [-0.4, -0.2) is 0 Å². The van der Waals surface area contributed by atoms with Gasteiger partial charge in [0.05, 0.1) is 0 Å². The predicted molar refractivity (Wildman–Crippen MR) is 82.7 cm³/mol. The first-order valence-corrected chi connectivity index (χ1v) is 6.53. The Bertz CT molecular complexity index is 622. The summed E-state index contributed by atoms with van der Waals surface area (Å²) in [6, 6.07) is 18.3. The molecule has 94 valence electrons. The number of rotatable bonds is 2. The average Bonchev–Trinajstić information content (AvgIpc) is 2.45. The van der Waals surface area contributed by atoms with Crippen LogP contribution in [0, 0.1) is 17.8 Å². The molecule has 0 saturated carbocycles. The van der Waals surface area contributed by atoms with Crippen LogP contribution in [-0.2, 0) is 0 Å². The van der Waals surface area contributed by atoms with Crippen LogP contribution in [0.15, 0.2) is 61.2 Å². The van der Waals surface area contributed by atoms with Crippen molar-refractivity contribution in [1.82, 2.24) is 0 Å². The summed E-state index contributed by atoms with van der Waals surface area (Å²) in [5.74, 6) is 6.84. The predicted octanol–water partition coefficient (Wildman–Crippen LogP) is 4.76. The number of benzene rings is 2. The summed E-state index contributed by atoms with van der Waals surface area (Å²) in [6.45, 7) is 8.45. The Morgan fingerprint density at radius 3 is 2.21 bits per heavy atom. The van der Waals surface area contributed by atoms with Crippen LogP contribution < -0.4 is 0 Å². The monoisotopic (exact) mass is 246 g/mol. The lowest BCUT2D eigenvalue weighted by Gasteiger charge is -2.09. The first kappa shape index (κ1) is 13.2. The Labute approximate surface area is 115 Å². The Balaban J connectivity index is 2.26. The average molecular weight is 246 g/mol. The first-order valence-electron chi connectivity index (χ1n) is 6.53. The largest absolute Gasteiger partial charge is 0.0950 e. The molecule has 2 aromatic rings. The van der Waals surface area contributed by atoms with E-state index in [-0.39, 0.29) is 0 Å². The smallest absolute Gasteiger partial charge is 0.0255 e. The lowest BCUT2D eigenvalue weighted by atomic mass is 9.96. The van der Waals surface area contributed by atoms with Crippen molar-refractivity contribution in [1.29, 1.82) is 0 Å². The van der Waals surface area contributed by atoms with Gasteiger partial charge in [0.1, 0.15) is 0 Å². The van der Waals surface area contributed by atoms with Gasteiger partial charge in [0.15, 0.2) is 0 Å². The zero-order chi connectivity index (χ0) is 13.7. The van der Waals surface area contributed by atoms with Crippen LogP contribution >= 0.6 is 0 Å². The normalized spacial score (nSPS) is 9.84. The van der Waals surface area contributed by atoms with Crippen molar-refractivity contribution in [2.45, 2.75) is 13.8 Å². The van der Waals surface area contributed by atoms with E-state index in [9.17, 15) is 0 Å². The van der Waals surface area contributed by atoms with E-state index in [4.69, 9.17) is 0 Å². The standard InChI is InChI=1S/C19H18/c1-15(2)16(3)19-11-7-10-18(14-19)13-12-17-8-5-4-6-9-17/h4-11,14-15H,3H2,1-2H3. The van der Waals surface area contributed by atoms with Crippen molar-refractivity contribution in [2.24, 2.45) is 5.92 Å². The molecule has 0 bridgehead atoms. The molecule has 0 aliphatic heterocycles. The van der Waals surface area contributed by atoms with E-state index in [0.29, 0.717) is 5.92 Å². The van der Waals surface area contributed by atoms with Gasteiger partial charge >= 0.3 is 0 Å². The molecule has 2 rings (SSSR count). The molecule has 0 N–H and O–H groups in total. The summed E-state index contributed by atoms with van der Waals surface area (Å²) in [6.07, 6.45) is 0. The van der Waals surface area contributed by atoms with Crippen LogP contribution in [0.4, 0.5) is 0 Å². The SMILES string of the molecule is C=C(c1cccc(C#Cc2ccccc2)c1)C(C)C. The van der Waals surface area contributed by atoms with Gasteiger partial charge in [-0.15, -0.1) is 0 Å². The third kappa shape index (κ3) is 3.60. The Morgan fingerprint density at radius 1 is 0.895 bits per heavy atom. The van der Waals surface area contributed by atoms with Crippen molar-refractivity contribution < 1.29 is 0 Å². The summed E-state index contributed by atoms with van der Waals surface area (Å²) >= 11 is 0. The zero-order valence-electron chi connectivity index (χ0n) is 11.5. The molecule has 0 unspecified atom stereocenters. The van der Waals surface area contributed by atoms with Gasteiger partial charge in [-0.2, -0.15) is 0 Å². The molecule has 0 saturated heterocycles. The highest BCUT2D eigenvalue weighted by atomic mass is 14.1. The van der Waals surface area contributed by atoms with Crippen LogP contribution in [0.3, 0.4) is 0 Å². The maximum atomic E-state index is 4.14. The molecule has 19 heavy (non-hydrogen) atoms. The second-order valence-electron chi connectivity index (χ2n) is 4.88. The van der Waals surface area contributed by atoms with Gasteiger partial charge in [-0.25, -0.2) is 0 Å². The lowest BCUT2D eigenvalue weighted by molar-refractivity contribution is 0.858. The minimum absolute atomic E-state index is 0.456. The summed E-state index contributed by atoms with van der Waals surface area (Å²) in [4.78, 5) is 0. The molecule has 0 aliphatic carbocycles. The minimum atomic E-state index is 0.456. The Kier molecular flexibility index (Phi) is 4.21. The van der Waals surface area contributed by atoms with E-state index < -0.39 is 0 Å². The van der Waals surface area contributed by atoms with Crippen molar-refractivity contribution in [3.63, 3.8) is 0 Å². The quantitative estimate of drug-likeness (QED) is 0.670. The van der Waals surface area contributed by atoms with Crippen molar-refractivity contribution >= 4 is 5.57 Å². The molecule has 0 aliphatic rings. The van der Waals surface area contributed by atoms with E-state index in [1.807, 2.05) is 42.5 Å². The van der Waals surface area contributed by atoms with Crippen LogP contribution in [0.25, 0.3) is 5.57 Å². The van der Waals surface area contributed by atoms with Gasteiger partial charge in [0, 0.05) is 11.1 Å². The third-order valence-electron chi connectivity index (χ3n) is 3.06. The Morgan fingerprint density at radius 2 is 1.53 bits per heavy atom. The molecule has 0 radical (unpaired) electrons. The minimum Gasteiger partial charge on any atom is -0.0950 e. The fourth-order valence-corrected chi connectivity index (χ4v) is 1.80. The Hall–Kier alpha value is -2.26. The molecular formula is C19H18. The van der Waals surface area contributed by atoms with Crippen LogP contribution in [0.2, 0.25) is 0 Å². The van der Waals surface area contributed by atoms with Crippen molar-refractivity contribution in [3.05, 3.63) is 77.9 Å². The van der Waals surface area contributed by atoms with Gasteiger partial charge in [-0.3, -0.25) is 0 Å². The van der Waals surface area contributed by atoms with Crippen molar-refractivity contribution in [3.8, 4) is 11.8 Å². The number of hydrogen-bond donors (Lipinski definition) is 0. The van der Waals surface area contributed by atoms with Gasteiger partial charge in [0.2, 0.25) is 0 Å². The van der Waals surface area contributed by atoms with Gasteiger partial charge in [0.25, 0.3) is 0 Å². The number of allylic oxidation sites excluding steroid dienone is 1.